The molecule has 9 aromatic rings. The van der Waals surface area contributed by atoms with Crippen LogP contribution in [0.4, 0.5) is 0 Å². The number of hydrogen-bond donors (Lipinski definition) is 0. The smallest absolute Gasteiger partial charge is 0.343 e. The lowest BCUT2D eigenvalue weighted by atomic mass is 9.82. The summed E-state index contributed by atoms with van der Waals surface area (Å²) in [7, 11) is 0. The number of rotatable bonds is 12. The third-order valence-corrected chi connectivity index (χ3v) is 18.9. The SMILES string of the molecule is C.C.C1CC2C3CCC(C3)C2C1.C1CC2C3CCC(C3)C2C1.C=CCC.C=CCC.CC.CC.CC.CC.CC(C)Oc1ccccc1.O=C(Oc1ccccc1)c1cccc(C(=O)Oc2cccc3ccccc23)c1.O=C(Oc1ccccc1)c1cccc(C(=O)Oc2cccc3ccccc23)c1. The fraction of sp³-hybridized carbons (Fsp3) is 0.389. The first kappa shape index (κ1) is 88.9. The van der Waals surface area contributed by atoms with E-state index in [0.717, 1.165) is 40.1 Å². The molecule has 6 aliphatic carbocycles. The van der Waals surface area contributed by atoms with E-state index in [9.17, 15) is 19.2 Å². The van der Waals surface area contributed by atoms with Crippen molar-refractivity contribution in [3.63, 3.8) is 0 Å². The van der Waals surface area contributed by atoms with Gasteiger partial charge in [0.05, 0.1) is 28.4 Å². The molecule has 0 aromatic heterocycles. The number of fused-ring (bicyclic) bond motifs is 12. The molecule has 0 N–H and O–H groups in total. The van der Waals surface area contributed by atoms with Crippen LogP contribution in [0.2, 0.25) is 0 Å². The molecule has 6 aliphatic rings. The van der Waals surface area contributed by atoms with Gasteiger partial charge in [-0.15, -0.1) is 13.2 Å². The summed E-state index contributed by atoms with van der Waals surface area (Å²) in [5, 5.41) is 3.65. The van der Waals surface area contributed by atoms with Crippen molar-refractivity contribution < 1.29 is 42.9 Å². The Morgan fingerprint density at radius 1 is 0.356 bits per heavy atom. The van der Waals surface area contributed by atoms with Crippen molar-refractivity contribution in [2.24, 2.45) is 47.3 Å². The molecule has 0 radical (unpaired) electrons. The molecule has 6 saturated carbocycles. The summed E-state index contributed by atoms with van der Waals surface area (Å²) in [5.74, 6) is 10.2. The first-order chi connectivity index (χ1) is 49.9. The quantitative estimate of drug-likeness (QED) is 0.0670. The summed E-state index contributed by atoms with van der Waals surface area (Å²) < 4.78 is 27.2. The second-order valence-corrected chi connectivity index (χ2v) is 25.4. The Hall–Kier alpha value is -9.34. The lowest BCUT2D eigenvalue weighted by Gasteiger charge is -2.23. The normalized spacial score (nSPS) is 18.4. The fourth-order valence-corrected chi connectivity index (χ4v) is 14.6. The first-order valence-corrected chi connectivity index (χ1v) is 38.0. The predicted molar refractivity (Wildman–Crippen MR) is 439 cm³/mol. The Kier molecular flexibility index (Phi) is 42.8. The molecular formula is C95H124O9. The molecule has 6 fully saturated rings. The number of esters is 4. The summed E-state index contributed by atoms with van der Waals surface area (Å²) in [6.07, 6.45) is 25.3. The van der Waals surface area contributed by atoms with Gasteiger partial charge in [-0.05, 0) is 234 Å². The Morgan fingerprint density at radius 3 is 0.913 bits per heavy atom. The second kappa shape index (κ2) is 50.1. The molecule has 558 valence electrons. The highest BCUT2D eigenvalue weighted by Crippen LogP contribution is 2.59. The minimum absolute atomic E-state index is 0. The van der Waals surface area contributed by atoms with Crippen LogP contribution in [0.25, 0.3) is 21.5 Å². The van der Waals surface area contributed by atoms with Crippen LogP contribution in [0.1, 0.15) is 229 Å². The zero-order chi connectivity index (χ0) is 74.0. The number of allylic oxidation sites excluding steroid dienone is 2. The molecule has 8 atom stereocenters. The summed E-state index contributed by atoms with van der Waals surface area (Å²) in [5.41, 5.74) is 1.10. The molecule has 0 aliphatic heterocycles. The highest BCUT2D eigenvalue weighted by Gasteiger charge is 2.50. The van der Waals surface area contributed by atoms with E-state index in [1.807, 2.05) is 197 Å². The maximum atomic E-state index is 12.6. The maximum Gasteiger partial charge on any atom is 0.343 e. The van der Waals surface area contributed by atoms with Crippen LogP contribution in [0.3, 0.4) is 0 Å². The van der Waals surface area contributed by atoms with Gasteiger partial charge in [0, 0.05) is 10.8 Å². The van der Waals surface area contributed by atoms with Crippen molar-refractivity contribution in [3.05, 3.63) is 272 Å². The molecule has 4 bridgehead atoms. The lowest BCUT2D eigenvalue weighted by Crippen LogP contribution is -2.15. The van der Waals surface area contributed by atoms with Crippen LogP contribution in [-0.4, -0.2) is 30.0 Å². The molecule has 0 heterocycles. The Balaban J connectivity index is 0.000000338. The Morgan fingerprint density at radius 2 is 0.615 bits per heavy atom. The van der Waals surface area contributed by atoms with Crippen LogP contribution in [0.15, 0.2) is 250 Å². The first-order valence-electron chi connectivity index (χ1n) is 38.0. The molecule has 104 heavy (non-hydrogen) atoms. The molecule has 8 unspecified atom stereocenters. The van der Waals surface area contributed by atoms with Gasteiger partial charge < -0.3 is 23.7 Å². The van der Waals surface area contributed by atoms with Gasteiger partial charge in [0.15, 0.2) is 0 Å². The largest absolute Gasteiger partial charge is 0.491 e. The fourth-order valence-electron chi connectivity index (χ4n) is 14.6. The van der Waals surface area contributed by atoms with Crippen molar-refractivity contribution in [2.75, 3.05) is 0 Å². The third-order valence-electron chi connectivity index (χ3n) is 18.9. The minimum atomic E-state index is -0.536. The molecule has 9 aromatic carbocycles. The van der Waals surface area contributed by atoms with Crippen LogP contribution in [0, 0.1) is 47.3 Å². The van der Waals surface area contributed by atoms with Gasteiger partial charge in [0.2, 0.25) is 0 Å². The standard InChI is InChI=1S/2C24H16O4.2C10H16.C9H12O.2C4H8.4C2H6.2CH4/c2*25-23(27-20-12-2-1-3-13-20)18-10-6-11-19(16-18)24(26)28-22-15-7-9-17-8-4-5-14-21(17)22;2*1-2-9-7-4-5-8(6-7)10(9)3-1;1-8(2)10-9-6-4-3-5-7-9;2*1-3-4-2;4*1-2;;/h2*1-16H;2*7-10H,1-6H2;3-8H,1-2H3;2*3H,1,4H2,2H3;4*1-2H3;2*1H4. The lowest BCUT2D eigenvalue weighted by molar-refractivity contribution is 0.0717. The van der Waals surface area contributed by atoms with Gasteiger partial charge >= 0.3 is 23.9 Å². The van der Waals surface area contributed by atoms with Gasteiger partial charge in [-0.25, -0.2) is 19.2 Å². The third kappa shape index (κ3) is 27.4. The number of ether oxygens (including phenoxy) is 5. The van der Waals surface area contributed by atoms with Crippen molar-refractivity contribution in [1.29, 1.82) is 0 Å². The molecule has 0 saturated heterocycles. The van der Waals surface area contributed by atoms with E-state index in [1.54, 1.807) is 174 Å². The molecule has 15 rings (SSSR count). The van der Waals surface area contributed by atoms with Crippen molar-refractivity contribution in [1.82, 2.24) is 0 Å². The highest BCUT2D eigenvalue weighted by atomic mass is 16.5. The van der Waals surface area contributed by atoms with E-state index in [0.29, 0.717) is 23.0 Å². The summed E-state index contributed by atoms with van der Waals surface area (Å²) in [6.45, 7) is 31.1. The van der Waals surface area contributed by atoms with E-state index >= 15 is 0 Å². The molecule has 9 heteroatoms. The average Bonchev–Trinajstić information content (AvgIpc) is 1.68. The van der Waals surface area contributed by atoms with Gasteiger partial charge in [0.25, 0.3) is 0 Å². The number of carbonyl (C=O) groups excluding carboxylic acids is 4. The van der Waals surface area contributed by atoms with E-state index < -0.39 is 23.9 Å². The van der Waals surface area contributed by atoms with Crippen LogP contribution >= 0.6 is 0 Å². The van der Waals surface area contributed by atoms with Crippen molar-refractivity contribution in [3.8, 4) is 28.7 Å². The van der Waals surface area contributed by atoms with Crippen LogP contribution in [-0.2, 0) is 0 Å². The van der Waals surface area contributed by atoms with Crippen LogP contribution in [0.5, 0.6) is 28.7 Å². The summed E-state index contributed by atoms with van der Waals surface area (Å²) >= 11 is 0. The van der Waals surface area contributed by atoms with Gasteiger partial charge in [-0.1, -0.05) is 249 Å². The number of hydrogen-bond acceptors (Lipinski definition) is 9. The van der Waals surface area contributed by atoms with Gasteiger partial charge in [-0.3, -0.25) is 0 Å². The zero-order valence-electron chi connectivity index (χ0n) is 63.2. The van der Waals surface area contributed by atoms with Crippen LogP contribution < -0.4 is 23.7 Å². The van der Waals surface area contributed by atoms with E-state index in [2.05, 4.69) is 27.0 Å². The molecule has 0 amide bonds. The topological polar surface area (TPSA) is 114 Å². The summed E-state index contributed by atoms with van der Waals surface area (Å²) in [6, 6.07) is 66.4. The molecular weight excluding hydrogens is 1290 g/mol. The summed E-state index contributed by atoms with van der Waals surface area (Å²) in [4.78, 5) is 49.9. The average molecular weight is 1410 g/mol. The minimum Gasteiger partial charge on any atom is -0.491 e. The molecule has 0 spiro atoms. The van der Waals surface area contributed by atoms with Gasteiger partial charge in [0.1, 0.15) is 28.7 Å². The molecule has 9 nitrogen and oxygen atoms in total. The van der Waals surface area contributed by atoms with Crippen molar-refractivity contribution in [2.45, 2.75) is 194 Å². The highest BCUT2D eigenvalue weighted by molar-refractivity contribution is 6.00. The second-order valence-electron chi connectivity index (χ2n) is 25.4. The number of benzene rings is 9. The van der Waals surface area contributed by atoms with E-state index in [-0.39, 0.29) is 43.2 Å². The zero-order valence-corrected chi connectivity index (χ0v) is 63.2. The Labute approximate surface area is 626 Å². The Bertz CT molecular complexity index is 3610. The monoisotopic (exact) mass is 1410 g/mol. The van der Waals surface area contributed by atoms with Crippen molar-refractivity contribution >= 4 is 45.4 Å². The maximum absolute atomic E-state index is 12.6. The number of para-hydroxylation sites is 3. The number of carbonyl (C=O) groups is 4. The van der Waals surface area contributed by atoms with E-state index in [1.165, 1.54) is 59.5 Å². The predicted octanol–water partition coefficient (Wildman–Crippen LogP) is 27.2. The van der Waals surface area contributed by atoms with Gasteiger partial charge in [-0.2, -0.15) is 0 Å². The van der Waals surface area contributed by atoms with E-state index in [4.69, 9.17) is 23.7 Å².